The number of nitrogens with one attached hydrogen (secondary N) is 1. The van der Waals surface area contributed by atoms with Crippen molar-refractivity contribution in [1.82, 2.24) is 15.3 Å². The minimum atomic E-state index is -0.146. The number of amides is 1. The Balaban J connectivity index is 1.86. The number of nitrogens with zero attached hydrogens (tertiary/aromatic N) is 2. The molecule has 0 aliphatic heterocycles. The lowest BCUT2D eigenvalue weighted by Gasteiger charge is -2.16. The lowest BCUT2D eigenvalue weighted by Crippen LogP contribution is -2.22. The van der Waals surface area contributed by atoms with Crippen molar-refractivity contribution in [2.45, 2.75) is 46.6 Å². The van der Waals surface area contributed by atoms with Crippen molar-refractivity contribution < 1.29 is 14.3 Å². The number of hydrogen-bond donors (Lipinski definition) is 1. The number of fused-ring (bicyclic) bond motifs is 1. The van der Waals surface area contributed by atoms with E-state index in [1.807, 2.05) is 32.0 Å². The molecule has 0 atom stereocenters. The SMILES string of the molecule is COc1ccc(CNC(=O)c2sc3nc(C(C)(C)C)nc(C)c3c2C)cc1OC. The molecule has 1 aromatic carbocycles. The lowest BCUT2D eigenvalue weighted by atomic mass is 9.95. The number of thiophene rings is 1. The van der Waals surface area contributed by atoms with Crippen LogP contribution in [0.25, 0.3) is 10.2 Å². The van der Waals surface area contributed by atoms with Crippen LogP contribution in [0.2, 0.25) is 0 Å². The first kappa shape index (κ1) is 21.0. The van der Waals surface area contributed by atoms with Gasteiger partial charge in [0.1, 0.15) is 10.7 Å². The smallest absolute Gasteiger partial charge is 0.261 e. The highest BCUT2D eigenvalue weighted by atomic mass is 32.1. The van der Waals surface area contributed by atoms with Crippen molar-refractivity contribution >= 4 is 27.5 Å². The van der Waals surface area contributed by atoms with E-state index in [4.69, 9.17) is 14.5 Å². The van der Waals surface area contributed by atoms with Crippen LogP contribution >= 0.6 is 11.3 Å². The summed E-state index contributed by atoms with van der Waals surface area (Å²) in [4.78, 5) is 23.8. The maximum atomic E-state index is 12.9. The summed E-state index contributed by atoms with van der Waals surface area (Å²) in [6.45, 7) is 10.6. The zero-order valence-corrected chi connectivity index (χ0v) is 18.8. The van der Waals surface area contributed by atoms with Crippen LogP contribution in [0.1, 0.15) is 53.1 Å². The summed E-state index contributed by atoms with van der Waals surface area (Å²) < 4.78 is 10.6. The van der Waals surface area contributed by atoms with Gasteiger partial charge in [0.2, 0.25) is 0 Å². The summed E-state index contributed by atoms with van der Waals surface area (Å²) in [5.41, 5.74) is 2.62. The van der Waals surface area contributed by atoms with Gasteiger partial charge in [-0.15, -0.1) is 11.3 Å². The van der Waals surface area contributed by atoms with Gasteiger partial charge in [-0.2, -0.15) is 0 Å². The minimum absolute atomic E-state index is 0.114. The first-order valence-electron chi connectivity index (χ1n) is 9.43. The number of aromatic nitrogens is 2. The number of benzene rings is 1. The number of methoxy groups -OCH3 is 2. The maximum absolute atomic E-state index is 12.9. The Morgan fingerprint density at radius 1 is 1.10 bits per heavy atom. The molecule has 0 saturated heterocycles. The second kappa shape index (κ2) is 7.99. The van der Waals surface area contributed by atoms with E-state index in [-0.39, 0.29) is 11.3 Å². The fourth-order valence-corrected chi connectivity index (χ4v) is 4.29. The topological polar surface area (TPSA) is 73.3 Å². The van der Waals surface area contributed by atoms with E-state index >= 15 is 0 Å². The van der Waals surface area contributed by atoms with Gasteiger partial charge in [-0.3, -0.25) is 4.79 Å². The molecule has 2 heterocycles. The van der Waals surface area contributed by atoms with E-state index < -0.39 is 0 Å². The van der Waals surface area contributed by atoms with E-state index in [0.29, 0.717) is 22.9 Å². The summed E-state index contributed by atoms with van der Waals surface area (Å²) in [5, 5.41) is 3.97. The van der Waals surface area contributed by atoms with Crippen LogP contribution in [0.4, 0.5) is 0 Å². The lowest BCUT2D eigenvalue weighted by molar-refractivity contribution is 0.0954. The molecule has 0 bridgehead atoms. The third kappa shape index (κ3) is 4.19. The van der Waals surface area contributed by atoms with Gasteiger partial charge in [0.15, 0.2) is 11.5 Å². The van der Waals surface area contributed by atoms with Crippen LogP contribution in [0.3, 0.4) is 0 Å². The molecule has 0 aliphatic carbocycles. The normalized spacial score (nSPS) is 11.6. The number of ether oxygens (including phenoxy) is 2. The van der Waals surface area contributed by atoms with Crippen molar-refractivity contribution in [3.05, 3.63) is 45.7 Å². The Bertz CT molecular complexity index is 1070. The van der Waals surface area contributed by atoms with E-state index in [1.165, 1.54) is 11.3 Å². The average Bonchev–Trinajstić information content (AvgIpc) is 3.02. The largest absolute Gasteiger partial charge is 0.493 e. The van der Waals surface area contributed by atoms with Gasteiger partial charge < -0.3 is 14.8 Å². The first-order valence-corrected chi connectivity index (χ1v) is 10.2. The highest BCUT2D eigenvalue weighted by Crippen LogP contribution is 2.33. The van der Waals surface area contributed by atoms with Crippen LogP contribution < -0.4 is 14.8 Å². The standard InChI is InChI=1S/C22H27N3O3S/c1-12-17-13(2)24-21(22(3,4)5)25-20(17)29-18(12)19(26)23-11-14-8-9-15(27-6)16(10-14)28-7/h8-10H,11H2,1-7H3,(H,23,26). The van der Waals surface area contributed by atoms with Crippen LogP contribution in [0.5, 0.6) is 11.5 Å². The number of carbonyl (C=O) groups is 1. The van der Waals surface area contributed by atoms with Gasteiger partial charge in [0, 0.05) is 17.3 Å². The van der Waals surface area contributed by atoms with Gasteiger partial charge >= 0.3 is 0 Å². The van der Waals surface area contributed by atoms with Gasteiger partial charge in [-0.25, -0.2) is 9.97 Å². The molecule has 29 heavy (non-hydrogen) atoms. The molecule has 3 rings (SSSR count). The molecule has 1 amide bonds. The van der Waals surface area contributed by atoms with Gasteiger partial charge in [0.25, 0.3) is 5.91 Å². The second-order valence-electron chi connectivity index (χ2n) is 7.99. The maximum Gasteiger partial charge on any atom is 0.261 e. The van der Waals surface area contributed by atoms with E-state index in [1.54, 1.807) is 14.2 Å². The Morgan fingerprint density at radius 3 is 2.41 bits per heavy atom. The van der Waals surface area contributed by atoms with Gasteiger partial charge in [-0.1, -0.05) is 26.8 Å². The Morgan fingerprint density at radius 2 is 1.79 bits per heavy atom. The first-order chi connectivity index (χ1) is 13.7. The highest BCUT2D eigenvalue weighted by Gasteiger charge is 2.23. The molecule has 2 aromatic heterocycles. The quantitative estimate of drug-likeness (QED) is 0.664. The second-order valence-corrected chi connectivity index (χ2v) is 8.99. The summed E-state index contributed by atoms with van der Waals surface area (Å²) in [7, 11) is 3.19. The summed E-state index contributed by atoms with van der Waals surface area (Å²) >= 11 is 1.42. The summed E-state index contributed by atoms with van der Waals surface area (Å²) in [6, 6.07) is 5.60. The molecule has 1 N–H and O–H groups in total. The predicted molar refractivity (Wildman–Crippen MR) is 116 cm³/mol. The molecule has 0 spiro atoms. The monoisotopic (exact) mass is 413 g/mol. The zero-order chi connectivity index (χ0) is 21.3. The highest BCUT2D eigenvalue weighted by molar-refractivity contribution is 7.20. The molecule has 6 nitrogen and oxygen atoms in total. The summed E-state index contributed by atoms with van der Waals surface area (Å²) in [6.07, 6.45) is 0. The number of carbonyl (C=O) groups excluding carboxylic acids is 1. The molecule has 3 aromatic rings. The summed E-state index contributed by atoms with van der Waals surface area (Å²) in [5.74, 6) is 1.97. The predicted octanol–water partition coefficient (Wildman–Crippen LogP) is 4.55. The Labute approximate surface area is 175 Å². The molecule has 154 valence electrons. The van der Waals surface area contributed by atoms with Crippen molar-refractivity contribution in [2.75, 3.05) is 14.2 Å². The van der Waals surface area contributed by atoms with E-state index in [0.717, 1.165) is 32.9 Å². The van der Waals surface area contributed by atoms with Crippen molar-refractivity contribution in [3.63, 3.8) is 0 Å². The van der Waals surface area contributed by atoms with Crippen molar-refractivity contribution in [1.29, 1.82) is 0 Å². The van der Waals surface area contributed by atoms with Crippen LogP contribution in [0.15, 0.2) is 18.2 Å². The van der Waals surface area contributed by atoms with Gasteiger partial charge in [0.05, 0.1) is 24.8 Å². The van der Waals surface area contributed by atoms with Crippen LogP contribution in [-0.2, 0) is 12.0 Å². The third-order valence-corrected chi connectivity index (χ3v) is 5.93. The van der Waals surface area contributed by atoms with Crippen LogP contribution in [0, 0.1) is 13.8 Å². The molecule has 0 radical (unpaired) electrons. The minimum Gasteiger partial charge on any atom is -0.493 e. The van der Waals surface area contributed by atoms with Crippen molar-refractivity contribution in [3.8, 4) is 11.5 Å². The third-order valence-electron chi connectivity index (χ3n) is 4.75. The zero-order valence-electron chi connectivity index (χ0n) is 18.0. The van der Waals surface area contributed by atoms with E-state index in [2.05, 4.69) is 31.1 Å². The van der Waals surface area contributed by atoms with Gasteiger partial charge in [-0.05, 0) is 37.1 Å². The molecular formula is C22H27N3O3S. The molecule has 0 unspecified atom stereocenters. The average molecular weight is 414 g/mol. The fourth-order valence-electron chi connectivity index (χ4n) is 3.14. The Hall–Kier alpha value is -2.67. The molecule has 0 saturated carbocycles. The molecule has 7 heteroatoms. The molecule has 0 fully saturated rings. The number of hydrogen-bond acceptors (Lipinski definition) is 6. The fraction of sp³-hybridized carbons (Fsp3) is 0.409. The number of aryl methyl sites for hydroxylation is 2. The Kier molecular flexibility index (Phi) is 5.80. The van der Waals surface area contributed by atoms with Crippen LogP contribution in [-0.4, -0.2) is 30.1 Å². The molecular weight excluding hydrogens is 386 g/mol. The van der Waals surface area contributed by atoms with Crippen molar-refractivity contribution in [2.24, 2.45) is 0 Å². The number of rotatable bonds is 5. The molecule has 0 aliphatic rings. The van der Waals surface area contributed by atoms with E-state index in [9.17, 15) is 4.79 Å².